The van der Waals surface area contributed by atoms with Crippen molar-refractivity contribution in [3.8, 4) is 0 Å². The van der Waals surface area contributed by atoms with Gasteiger partial charge in [0.2, 0.25) is 0 Å². The summed E-state index contributed by atoms with van der Waals surface area (Å²) in [4.78, 5) is 32.6. The lowest BCUT2D eigenvalue weighted by Crippen LogP contribution is -2.38. The fourth-order valence-electron chi connectivity index (χ4n) is 1.80. The van der Waals surface area contributed by atoms with Gasteiger partial charge in [-0.2, -0.15) is 0 Å². The maximum absolute atomic E-state index is 11.2. The van der Waals surface area contributed by atoms with Crippen LogP contribution in [0.15, 0.2) is 0 Å². The van der Waals surface area contributed by atoms with E-state index in [-0.39, 0.29) is 24.5 Å². The summed E-state index contributed by atoms with van der Waals surface area (Å²) in [5, 5.41) is 17.5. The molecule has 0 radical (unpaired) electrons. The molecule has 5 nitrogen and oxygen atoms in total. The molecule has 14 heavy (non-hydrogen) atoms. The molecule has 1 aliphatic rings. The quantitative estimate of drug-likeness (QED) is 0.629. The van der Waals surface area contributed by atoms with Gasteiger partial charge in [0.05, 0.1) is 5.92 Å². The number of carbonyl (C=O) groups is 3. The third-order valence-electron chi connectivity index (χ3n) is 2.70. The van der Waals surface area contributed by atoms with Crippen LogP contribution in [0.3, 0.4) is 0 Å². The molecule has 0 aromatic rings. The van der Waals surface area contributed by atoms with Crippen molar-refractivity contribution in [1.29, 1.82) is 0 Å². The zero-order valence-electron chi connectivity index (χ0n) is 7.77. The number of carboxylic acids is 2. The van der Waals surface area contributed by atoms with E-state index in [9.17, 15) is 14.4 Å². The van der Waals surface area contributed by atoms with Crippen LogP contribution in [0.1, 0.15) is 19.8 Å². The van der Waals surface area contributed by atoms with Crippen LogP contribution in [0.25, 0.3) is 0 Å². The van der Waals surface area contributed by atoms with Crippen molar-refractivity contribution in [2.24, 2.45) is 17.8 Å². The Morgan fingerprint density at radius 1 is 1.29 bits per heavy atom. The lowest BCUT2D eigenvalue weighted by molar-refractivity contribution is -0.153. The third kappa shape index (κ3) is 1.92. The average molecular weight is 200 g/mol. The van der Waals surface area contributed by atoms with Gasteiger partial charge >= 0.3 is 11.9 Å². The largest absolute Gasteiger partial charge is 0.481 e. The SMILES string of the molecule is CC1CC(=O)C(C(=O)O)CC1C(=O)O. The standard InChI is InChI=1S/C9H12O5/c1-4-2-7(10)6(9(13)14)3-5(4)8(11)12/h4-6H,2-3H2,1H3,(H,11,12)(H,13,14). The Balaban J connectivity index is 2.80. The van der Waals surface area contributed by atoms with Crippen molar-refractivity contribution in [2.75, 3.05) is 0 Å². The summed E-state index contributed by atoms with van der Waals surface area (Å²) < 4.78 is 0. The molecule has 0 heterocycles. The van der Waals surface area contributed by atoms with Crippen LogP contribution in [-0.2, 0) is 14.4 Å². The molecule has 0 bridgehead atoms. The molecule has 0 aromatic carbocycles. The minimum Gasteiger partial charge on any atom is -0.481 e. The molecule has 0 amide bonds. The number of ketones is 1. The summed E-state index contributed by atoms with van der Waals surface area (Å²) in [5.74, 6) is -4.70. The van der Waals surface area contributed by atoms with Gasteiger partial charge < -0.3 is 10.2 Å². The predicted octanol–water partition coefficient (Wildman–Crippen LogP) is 0.387. The minimum atomic E-state index is -1.21. The summed E-state index contributed by atoms with van der Waals surface area (Å²) in [7, 11) is 0. The van der Waals surface area contributed by atoms with Gasteiger partial charge in [-0.25, -0.2) is 0 Å². The number of Topliss-reactive ketones (excluding diaryl/α,β-unsaturated/α-hetero) is 1. The zero-order valence-corrected chi connectivity index (χ0v) is 7.77. The number of carbonyl (C=O) groups excluding carboxylic acids is 1. The highest BCUT2D eigenvalue weighted by Gasteiger charge is 2.40. The van der Waals surface area contributed by atoms with Gasteiger partial charge in [0.1, 0.15) is 11.7 Å². The Hall–Kier alpha value is -1.39. The fourth-order valence-corrected chi connectivity index (χ4v) is 1.80. The van der Waals surface area contributed by atoms with Crippen LogP contribution in [-0.4, -0.2) is 27.9 Å². The van der Waals surface area contributed by atoms with Crippen LogP contribution in [0, 0.1) is 17.8 Å². The first-order valence-corrected chi connectivity index (χ1v) is 4.41. The molecule has 2 N–H and O–H groups in total. The molecular weight excluding hydrogens is 188 g/mol. The van der Waals surface area contributed by atoms with Crippen LogP contribution >= 0.6 is 0 Å². The zero-order chi connectivity index (χ0) is 10.9. The van der Waals surface area contributed by atoms with Crippen molar-refractivity contribution < 1.29 is 24.6 Å². The number of aliphatic carboxylic acids is 2. The monoisotopic (exact) mass is 200 g/mol. The molecular formula is C9H12O5. The second-order valence-electron chi connectivity index (χ2n) is 3.72. The van der Waals surface area contributed by atoms with Gasteiger partial charge in [0.25, 0.3) is 0 Å². The van der Waals surface area contributed by atoms with Gasteiger partial charge in [-0.15, -0.1) is 0 Å². The lowest BCUT2D eigenvalue weighted by Gasteiger charge is -2.28. The van der Waals surface area contributed by atoms with Gasteiger partial charge in [-0.05, 0) is 12.3 Å². The first-order chi connectivity index (χ1) is 6.43. The van der Waals surface area contributed by atoms with E-state index in [0.29, 0.717) is 0 Å². The van der Waals surface area contributed by atoms with Crippen molar-refractivity contribution in [2.45, 2.75) is 19.8 Å². The van der Waals surface area contributed by atoms with Crippen LogP contribution in [0.5, 0.6) is 0 Å². The van der Waals surface area contributed by atoms with Gasteiger partial charge in [-0.3, -0.25) is 14.4 Å². The molecule has 1 fully saturated rings. The maximum atomic E-state index is 11.2. The van der Waals surface area contributed by atoms with Crippen LogP contribution in [0.4, 0.5) is 0 Å². The molecule has 0 aliphatic heterocycles. The van der Waals surface area contributed by atoms with E-state index >= 15 is 0 Å². The Kier molecular flexibility index (Phi) is 2.88. The number of hydrogen-bond donors (Lipinski definition) is 2. The molecule has 0 saturated heterocycles. The molecule has 0 spiro atoms. The second kappa shape index (κ2) is 3.77. The summed E-state index contributed by atoms with van der Waals surface area (Å²) in [6, 6.07) is 0. The second-order valence-corrected chi connectivity index (χ2v) is 3.72. The number of hydrogen-bond acceptors (Lipinski definition) is 3. The highest BCUT2D eigenvalue weighted by Crippen LogP contribution is 2.31. The molecule has 0 aromatic heterocycles. The summed E-state index contributed by atoms with van der Waals surface area (Å²) in [6.07, 6.45) is -0.0292. The van der Waals surface area contributed by atoms with E-state index in [4.69, 9.17) is 10.2 Å². The first kappa shape index (κ1) is 10.7. The van der Waals surface area contributed by atoms with Gasteiger partial charge in [0, 0.05) is 6.42 Å². The Morgan fingerprint density at radius 2 is 1.86 bits per heavy atom. The third-order valence-corrected chi connectivity index (χ3v) is 2.70. The molecule has 1 saturated carbocycles. The smallest absolute Gasteiger partial charge is 0.314 e. The van der Waals surface area contributed by atoms with Crippen LogP contribution in [0.2, 0.25) is 0 Å². The molecule has 78 valence electrons. The fraction of sp³-hybridized carbons (Fsp3) is 0.667. The highest BCUT2D eigenvalue weighted by atomic mass is 16.4. The number of carboxylic acid groups (broad SMARTS) is 2. The van der Waals surface area contributed by atoms with Crippen LogP contribution < -0.4 is 0 Å². The Bertz CT molecular complexity index is 283. The molecule has 1 aliphatic carbocycles. The topological polar surface area (TPSA) is 91.7 Å². The predicted molar refractivity (Wildman–Crippen MR) is 45.7 cm³/mol. The molecule has 3 unspecified atom stereocenters. The average Bonchev–Trinajstić information content (AvgIpc) is 2.02. The van der Waals surface area contributed by atoms with Gasteiger partial charge in [0.15, 0.2) is 0 Å². The minimum absolute atomic E-state index is 0.0495. The van der Waals surface area contributed by atoms with E-state index in [1.165, 1.54) is 0 Å². The maximum Gasteiger partial charge on any atom is 0.314 e. The van der Waals surface area contributed by atoms with E-state index < -0.39 is 23.8 Å². The summed E-state index contributed by atoms with van der Waals surface area (Å²) >= 11 is 0. The normalized spacial score (nSPS) is 32.6. The van der Waals surface area contributed by atoms with Crippen molar-refractivity contribution >= 4 is 17.7 Å². The summed E-state index contributed by atoms with van der Waals surface area (Å²) in [5.41, 5.74) is 0. The van der Waals surface area contributed by atoms with Crippen molar-refractivity contribution in [3.63, 3.8) is 0 Å². The number of rotatable bonds is 2. The van der Waals surface area contributed by atoms with E-state index in [2.05, 4.69) is 0 Å². The molecule has 5 heteroatoms. The lowest BCUT2D eigenvalue weighted by atomic mass is 9.74. The van der Waals surface area contributed by atoms with Crippen molar-refractivity contribution in [3.05, 3.63) is 0 Å². The Labute approximate surface area is 80.7 Å². The highest BCUT2D eigenvalue weighted by molar-refractivity contribution is 5.99. The first-order valence-electron chi connectivity index (χ1n) is 4.41. The van der Waals surface area contributed by atoms with E-state index in [1.807, 2.05) is 0 Å². The van der Waals surface area contributed by atoms with E-state index in [1.54, 1.807) is 6.92 Å². The van der Waals surface area contributed by atoms with E-state index in [0.717, 1.165) is 0 Å². The van der Waals surface area contributed by atoms with Crippen molar-refractivity contribution in [1.82, 2.24) is 0 Å². The molecule has 3 atom stereocenters. The Morgan fingerprint density at radius 3 is 2.29 bits per heavy atom. The summed E-state index contributed by atoms with van der Waals surface area (Å²) in [6.45, 7) is 1.66. The van der Waals surface area contributed by atoms with Gasteiger partial charge in [-0.1, -0.05) is 6.92 Å². The molecule has 1 rings (SSSR count).